The summed E-state index contributed by atoms with van der Waals surface area (Å²) in [5.74, 6) is -0.203. The summed E-state index contributed by atoms with van der Waals surface area (Å²) in [5.41, 5.74) is 3.18. The summed E-state index contributed by atoms with van der Waals surface area (Å²) >= 11 is 3.29. The lowest BCUT2D eigenvalue weighted by Crippen LogP contribution is -2.19. The molecule has 132 valence electrons. The second-order valence-electron chi connectivity index (χ2n) is 5.89. The summed E-state index contributed by atoms with van der Waals surface area (Å²) in [4.78, 5) is 22.2. The standard InChI is InChI=1S/C20H21BrFNO2/c21-20-12-17(13-24)16(11-18(20)14-25)8-10-23-9-2-1-3-15-4-6-19(22)7-5-15/h4-7,11-14,23H,1-3,8-10H2. The van der Waals surface area contributed by atoms with Gasteiger partial charge in [-0.1, -0.05) is 28.1 Å². The third kappa shape index (κ3) is 6.18. The molecule has 0 saturated carbocycles. The average Bonchev–Trinajstić information content (AvgIpc) is 2.63. The summed E-state index contributed by atoms with van der Waals surface area (Å²) in [6, 6.07) is 10.1. The van der Waals surface area contributed by atoms with Gasteiger partial charge in [-0.2, -0.15) is 0 Å². The molecule has 0 radical (unpaired) electrons. The van der Waals surface area contributed by atoms with Gasteiger partial charge in [0, 0.05) is 15.6 Å². The van der Waals surface area contributed by atoms with Gasteiger partial charge in [-0.25, -0.2) is 4.39 Å². The Bertz CT molecular complexity index is 716. The first-order valence-corrected chi connectivity index (χ1v) is 9.11. The van der Waals surface area contributed by atoms with Crippen LogP contribution in [-0.4, -0.2) is 25.7 Å². The summed E-state index contributed by atoms with van der Waals surface area (Å²) in [7, 11) is 0. The van der Waals surface area contributed by atoms with Gasteiger partial charge in [-0.05, 0) is 74.2 Å². The first-order chi connectivity index (χ1) is 12.1. The second-order valence-corrected chi connectivity index (χ2v) is 6.75. The van der Waals surface area contributed by atoms with Gasteiger partial charge < -0.3 is 5.32 Å². The highest BCUT2D eigenvalue weighted by Gasteiger charge is 2.07. The van der Waals surface area contributed by atoms with Gasteiger partial charge in [0.25, 0.3) is 0 Å². The molecular weight excluding hydrogens is 385 g/mol. The maximum atomic E-state index is 12.8. The molecule has 0 saturated heterocycles. The van der Waals surface area contributed by atoms with Crippen LogP contribution >= 0.6 is 15.9 Å². The number of carbonyl (C=O) groups is 2. The average molecular weight is 406 g/mol. The molecule has 0 aliphatic heterocycles. The van der Waals surface area contributed by atoms with Crippen molar-refractivity contribution in [3.05, 3.63) is 68.9 Å². The van der Waals surface area contributed by atoms with E-state index in [9.17, 15) is 14.0 Å². The Hall–Kier alpha value is -1.85. The molecule has 0 amide bonds. The molecule has 1 N–H and O–H groups in total. The van der Waals surface area contributed by atoms with E-state index in [1.165, 1.54) is 12.1 Å². The van der Waals surface area contributed by atoms with Gasteiger partial charge in [0.15, 0.2) is 6.29 Å². The van der Waals surface area contributed by atoms with E-state index in [2.05, 4.69) is 21.2 Å². The summed E-state index contributed by atoms with van der Waals surface area (Å²) in [6.07, 6.45) is 5.29. The molecule has 25 heavy (non-hydrogen) atoms. The van der Waals surface area contributed by atoms with E-state index in [0.29, 0.717) is 22.0 Å². The lowest BCUT2D eigenvalue weighted by molar-refractivity contribution is 0.111. The van der Waals surface area contributed by atoms with Crippen molar-refractivity contribution in [2.75, 3.05) is 13.1 Å². The predicted molar refractivity (Wildman–Crippen MR) is 101 cm³/mol. The number of aryl methyl sites for hydroxylation is 1. The molecule has 2 rings (SSSR count). The summed E-state index contributed by atoms with van der Waals surface area (Å²) < 4.78 is 13.5. The summed E-state index contributed by atoms with van der Waals surface area (Å²) in [5, 5.41) is 3.36. The SMILES string of the molecule is O=Cc1cc(CCNCCCCc2ccc(F)cc2)c(C=O)cc1Br. The van der Waals surface area contributed by atoms with E-state index in [0.717, 1.165) is 56.1 Å². The number of aldehydes is 2. The smallest absolute Gasteiger partial charge is 0.151 e. The van der Waals surface area contributed by atoms with Gasteiger partial charge in [0.1, 0.15) is 12.1 Å². The van der Waals surface area contributed by atoms with Crippen LogP contribution in [0.3, 0.4) is 0 Å². The molecule has 0 aliphatic carbocycles. The minimum atomic E-state index is -0.203. The molecule has 2 aromatic rings. The van der Waals surface area contributed by atoms with E-state index in [1.807, 2.05) is 12.1 Å². The number of rotatable bonds is 10. The lowest BCUT2D eigenvalue weighted by Gasteiger charge is -2.09. The quantitative estimate of drug-likeness (QED) is 0.471. The van der Waals surface area contributed by atoms with Crippen LogP contribution in [-0.2, 0) is 12.8 Å². The highest BCUT2D eigenvalue weighted by Crippen LogP contribution is 2.20. The second kappa shape index (κ2) is 10.2. The molecule has 5 heteroatoms. The lowest BCUT2D eigenvalue weighted by atomic mass is 10.0. The summed E-state index contributed by atoms with van der Waals surface area (Å²) in [6.45, 7) is 1.63. The van der Waals surface area contributed by atoms with Crippen LogP contribution in [0.5, 0.6) is 0 Å². The molecule has 0 aromatic heterocycles. The van der Waals surface area contributed by atoms with Gasteiger partial charge in [0.05, 0.1) is 0 Å². The van der Waals surface area contributed by atoms with E-state index in [1.54, 1.807) is 12.1 Å². The minimum absolute atomic E-state index is 0.203. The molecule has 0 fully saturated rings. The topological polar surface area (TPSA) is 46.2 Å². The van der Waals surface area contributed by atoms with Crippen LogP contribution in [0.2, 0.25) is 0 Å². The molecule has 0 atom stereocenters. The maximum absolute atomic E-state index is 12.8. The Labute approximate surface area is 155 Å². The number of carbonyl (C=O) groups excluding carboxylic acids is 2. The predicted octanol–water partition coefficient (Wildman–Crippen LogP) is 4.37. The zero-order valence-electron chi connectivity index (χ0n) is 13.9. The van der Waals surface area contributed by atoms with Crippen LogP contribution in [0.25, 0.3) is 0 Å². The van der Waals surface area contributed by atoms with Crippen molar-refractivity contribution in [3.63, 3.8) is 0 Å². The van der Waals surface area contributed by atoms with E-state index in [-0.39, 0.29) is 5.82 Å². The number of halogens is 2. The normalized spacial score (nSPS) is 10.6. The van der Waals surface area contributed by atoms with Gasteiger partial charge >= 0.3 is 0 Å². The van der Waals surface area contributed by atoms with Gasteiger partial charge in [-0.15, -0.1) is 0 Å². The van der Waals surface area contributed by atoms with Crippen LogP contribution in [0.1, 0.15) is 44.7 Å². The Morgan fingerprint density at radius 3 is 2.32 bits per heavy atom. The maximum Gasteiger partial charge on any atom is 0.151 e. The first kappa shape index (κ1) is 19.5. The zero-order chi connectivity index (χ0) is 18.1. The minimum Gasteiger partial charge on any atom is -0.316 e. The molecular formula is C20H21BrFNO2. The zero-order valence-corrected chi connectivity index (χ0v) is 15.5. The Morgan fingerprint density at radius 2 is 1.64 bits per heavy atom. The molecule has 2 aromatic carbocycles. The van der Waals surface area contributed by atoms with E-state index >= 15 is 0 Å². The fourth-order valence-corrected chi connectivity index (χ4v) is 3.10. The molecule has 0 aliphatic rings. The van der Waals surface area contributed by atoms with Crippen LogP contribution in [0, 0.1) is 5.82 Å². The van der Waals surface area contributed by atoms with Crippen LogP contribution in [0.15, 0.2) is 40.9 Å². The highest BCUT2D eigenvalue weighted by molar-refractivity contribution is 9.10. The van der Waals surface area contributed by atoms with Gasteiger partial charge in [0.2, 0.25) is 0 Å². The van der Waals surface area contributed by atoms with Crippen LogP contribution < -0.4 is 5.32 Å². The van der Waals surface area contributed by atoms with Crippen molar-refractivity contribution >= 4 is 28.5 Å². The van der Waals surface area contributed by atoms with Crippen molar-refractivity contribution < 1.29 is 14.0 Å². The van der Waals surface area contributed by atoms with Crippen molar-refractivity contribution in [2.45, 2.75) is 25.7 Å². The molecule has 0 spiro atoms. The third-order valence-corrected chi connectivity index (χ3v) is 4.75. The van der Waals surface area contributed by atoms with Crippen molar-refractivity contribution in [1.82, 2.24) is 5.32 Å². The molecule has 0 bridgehead atoms. The van der Waals surface area contributed by atoms with E-state index in [4.69, 9.17) is 0 Å². The monoisotopic (exact) mass is 405 g/mol. The third-order valence-electron chi connectivity index (χ3n) is 4.07. The number of benzene rings is 2. The molecule has 0 unspecified atom stereocenters. The number of nitrogens with one attached hydrogen (secondary N) is 1. The number of hydrogen-bond donors (Lipinski definition) is 1. The number of hydrogen-bond acceptors (Lipinski definition) is 3. The van der Waals surface area contributed by atoms with Crippen molar-refractivity contribution in [1.29, 1.82) is 0 Å². The van der Waals surface area contributed by atoms with E-state index < -0.39 is 0 Å². The molecule has 0 heterocycles. The van der Waals surface area contributed by atoms with Crippen molar-refractivity contribution in [3.8, 4) is 0 Å². The largest absolute Gasteiger partial charge is 0.316 e. The van der Waals surface area contributed by atoms with Gasteiger partial charge in [-0.3, -0.25) is 9.59 Å². The van der Waals surface area contributed by atoms with Crippen molar-refractivity contribution in [2.24, 2.45) is 0 Å². The first-order valence-electron chi connectivity index (χ1n) is 8.32. The highest BCUT2D eigenvalue weighted by atomic mass is 79.9. The molecule has 3 nitrogen and oxygen atoms in total. The van der Waals surface area contributed by atoms with Crippen LogP contribution in [0.4, 0.5) is 4.39 Å². The Kier molecular flexibility index (Phi) is 7.95. The number of unbranched alkanes of at least 4 members (excludes halogenated alkanes) is 1. The Balaban J connectivity index is 1.70. The fourth-order valence-electron chi connectivity index (χ4n) is 2.65. The fraction of sp³-hybridized carbons (Fsp3) is 0.300. The Morgan fingerprint density at radius 1 is 0.920 bits per heavy atom.